The van der Waals surface area contributed by atoms with Crippen LogP contribution in [0.15, 0.2) is 23.3 Å². The summed E-state index contributed by atoms with van der Waals surface area (Å²) in [6.45, 7) is 8.27. The molecular weight excluding hydrogens is 366 g/mol. The third kappa shape index (κ3) is 4.21. The third-order valence-corrected chi connectivity index (χ3v) is 6.81. The zero-order valence-corrected chi connectivity index (χ0v) is 18.0. The van der Waals surface area contributed by atoms with Gasteiger partial charge in [-0.15, -0.1) is 0 Å². The van der Waals surface area contributed by atoms with Crippen molar-refractivity contribution in [3.8, 4) is 0 Å². The molecule has 3 unspecified atom stereocenters. The second kappa shape index (κ2) is 8.88. The van der Waals surface area contributed by atoms with Crippen LogP contribution in [0.1, 0.15) is 45.1 Å². The highest BCUT2D eigenvalue weighted by Crippen LogP contribution is 2.57. The van der Waals surface area contributed by atoms with E-state index in [1.807, 2.05) is 13.2 Å². The molecule has 3 fully saturated rings. The molecule has 160 valence electrons. The summed E-state index contributed by atoms with van der Waals surface area (Å²) >= 11 is 0. The van der Waals surface area contributed by atoms with Crippen LogP contribution in [0.2, 0.25) is 0 Å². The minimum absolute atomic E-state index is 0.247. The van der Waals surface area contributed by atoms with Crippen molar-refractivity contribution in [2.45, 2.75) is 64.3 Å². The molecule has 4 rings (SSSR count). The van der Waals surface area contributed by atoms with Gasteiger partial charge in [-0.05, 0) is 50.8 Å². The molecule has 7 nitrogen and oxygen atoms in total. The van der Waals surface area contributed by atoms with Gasteiger partial charge in [0.05, 0.1) is 18.8 Å². The van der Waals surface area contributed by atoms with Crippen LogP contribution >= 0.6 is 0 Å². The lowest BCUT2D eigenvalue weighted by Gasteiger charge is -2.61. The molecule has 1 aromatic rings. The Labute approximate surface area is 174 Å². The normalized spacial score (nSPS) is 28.6. The number of ether oxygens (including phenoxy) is 2. The van der Waals surface area contributed by atoms with Gasteiger partial charge in [0.2, 0.25) is 0 Å². The number of aliphatic imine (C=N–C) groups is 1. The van der Waals surface area contributed by atoms with Crippen LogP contribution < -0.4 is 15.5 Å². The summed E-state index contributed by atoms with van der Waals surface area (Å²) in [4.78, 5) is 11.3. The summed E-state index contributed by atoms with van der Waals surface area (Å²) in [5.74, 6) is 1.89. The molecule has 1 aliphatic heterocycles. The predicted molar refractivity (Wildman–Crippen MR) is 115 cm³/mol. The Morgan fingerprint density at radius 2 is 2.31 bits per heavy atom. The Bertz CT molecular complexity index is 721. The molecular formula is C22H35N5O2. The Kier molecular flexibility index (Phi) is 6.25. The van der Waals surface area contributed by atoms with E-state index >= 15 is 0 Å². The summed E-state index contributed by atoms with van der Waals surface area (Å²) < 4.78 is 11.6. The number of aromatic nitrogens is 1. The second-order valence-corrected chi connectivity index (χ2v) is 8.54. The lowest BCUT2D eigenvalue weighted by Crippen LogP contribution is -2.68. The zero-order valence-electron chi connectivity index (χ0n) is 18.0. The molecule has 2 aliphatic carbocycles. The monoisotopic (exact) mass is 401 g/mol. The van der Waals surface area contributed by atoms with Gasteiger partial charge in [-0.3, -0.25) is 4.99 Å². The number of pyridine rings is 1. The largest absolute Gasteiger partial charge is 0.378 e. The van der Waals surface area contributed by atoms with Crippen molar-refractivity contribution in [3.63, 3.8) is 0 Å². The number of rotatable bonds is 6. The Hall–Kier alpha value is -1.86. The van der Waals surface area contributed by atoms with E-state index < -0.39 is 0 Å². The van der Waals surface area contributed by atoms with Gasteiger partial charge in [-0.2, -0.15) is 0 Å². The first-order valence-corrected chi connectivity index (χ1v) is 11.0. The summed E-state index contributed by atoms with van der Waals surface area (Å²) in [5, 5.41) is 7.14. The van der Waals surface area contributed by atoms with Crippen molar-refractivity contribution >= 4 is 11.8 Å². The fraction of sp³-hybridized carbons (Fsp3) is 0.727. The predicted octanol–water partition coefficient (Wildman–Crippen LogP) is 2.32. The van der Waals surface area contributed by atoms with Crippen molar-refractivity contribution in [1.29, 1.82) is 0 Å². The summed E-state index contributed by atoms with van der Waals surface area (Å²) in [5.41, 5.74) is 1.53. The molecule has 7 heteroatoms. The van der Waals surface area contributed by atoms with Gasteiger partial charge >= 0.3 is 0 Å². The van der Waals surface area contributed by atoms with Crippen LogP contribution in [0.5, 0.6) is 0 Å². The molecule has 2 N–H and O–H groups in total. The lowest BCUT2D eigenvalue weighted by molar-refractivity contribution is -0.168. The second-order valence-electron chi connectivity index (χ2n) is 8.54. The van der Waals surface area contributed by atoms with E-state index in [1.54, 1.807) is 0 Å². The minimum atomic E-state index is 0.247. The van der Waals surface area contributed by atoms with Gasteiger partial charge < -0.3 is 25.0 Å². The smallest absolute Gasteiger partial charge is 0.191 e. The van der Waals surface area contributed by atoms with Crippen LogP contribution in [0.4, 0.5) is 5.82 Å². The molecule has 0 amide bonds. The third-order valence-electron chi connectivity index (χ3n) is 6.81. The Balaban J connectivity index is 1.32. The number of hydrogen-bond donors (Lipinski definition) is 2. The van der Waals surface area contributed by atoms with Crippen molar-refractivity contribution < 1.29 is 9.47 Å². The maximum absolute atomic E-state index is 5.97. The fourth-order valence-electron chi connectivity index (χ4n) is 4.96. The van der Waals surface area contributed by atoms with Gasteiger partial charge in [-0.1, -0.05) is 6.42 Å². The SMILES string of the molecule is CCOC1CC(NC(=NC)NCc2ccnc(N3CCOC(C)C3)c2)C12CCC2. The molecule has 3 aliphatic rings. The first kappa shape index (κ1) is 20.4. The number of morpholine rings is 1. The average molecular weight is 402 g/mol. The van der Waals surface area contributed by atoms with Gasteiger partial charge in [0, 0.05) is 50.9 Å². The van der Waals surface area contributed by atoms with Crippen LogP contribution in [0.25, 0.3) is 0 Å². The van der Waals surface area contributed by atoms with Crippen LogP contribution in [0, 0.1) is 5.41 Å². The van der Waals surface area contributed by atoms with Crippen molar-refractivity contribution in [2.24, 2.45) is 10.4 Å². The molecule has 3 atom stereocenters. The van der Waals surface area contributed by atoms with E-state index in [-0.39, 0.29) is 6.10 Å². The molecule has 1 aromatic heterocycles. The first-order chi connectivity index (χ1) is 14.1. The Morgan fingerprint density at radius 3 is 3.00 bits per heavy atom. The summed E-state index contributed by atoms with van der Waals surface area (Å²) in [6, 6.07) is 4.69. The average Bonchev–Trinajstić information content (AvgIpc) is 2.68. The number of nitrogens with zero attached hydrogens (tertiary/aromatic N) is 3. The molecule has 0 bridgehead atoms. The minimum Gasteiger partial charge on any atom is -0.378 e. The molecule has 29 heavy (non-hydrogen) atoms. The van der Waals surface area contributed by atoms with Crippen LogP contribution in [-0.4, -0.2) is 62.5 Å². The molecule has 1 saturated heterocycles. The highest BCUT2D eigenvalue weighted by molar-refractivity contribution is 5.80. The maximum atomic E-state index is 5.97. The fourth-order valence-corrected chi connectivity index (χ4v) is 4.96. The van der Waals surface area contributed by atoms with Gasteiger partial charge in [-0.25, -0.2) is 4.98 Å². The standard InChI is InChI=1S/C22H35N5O2/c1-4-28-19-13-18(22(19)7-5-8-22)26-21(23-3)25-14-17-6-9-24-20(12-17)27-10-11-29-16(2)15-27/h6,9,12,16,18-19H,4-5,7-8,10-11,13-15H2,1-3H3,(H2,23,25,26). The maximum Gasteiger partial charge on any atom is 0.191 e. The van der Waals surface area contributed by atoms with Gasteiger partial charge in [0.15, 0.2) is 5.96 Å². The zero-order chi connectivity index (χ0) is 20.3. The molecule has 1 spiro atoms. The number of hydrogen-bond acceptors (Lipinski definition) is 5. The number of anilines is 1. The van der Waals surface area contributed by atoms with E-state index in [2.05, 4.69) is 51.5 Å². The van der Waals surface area contributed by atoms with E-state index in [9.17, 15) is 0 Å². The van der Waals surface area contributed by atoms with Crippen LogP contribution in [0.3, 0.4) is 0 Å². The molecule has 0 aromatic carbocycles. The van der Waals surface area contributed by atoms with Crippen molar-refractivity contribution in [1.82, 2.24) is 15.6 Å². The quantitative estimate of drug-likeness (QED) is 0.563. The highest BCUT2D eigenvalue weighted by atomic mass is 16.5. The van der Waals surface area contributed by atoms with Crippen molar-refractivity contribution in [2.75, 3.05) is 38.3 Å². The van der Waals surface area contributed by atoms with Gasteiger partial charge in [0.1, 0.15) is 5.82 Å². The highest BCUT2D eigenvalue weighted by Gasteiger charge is 2.59. The lowest BCUT2D eigenvalue weighted by atomic mass is 9.51. The number of guanidine groups is 1. The summed E-state index contributed by atoms with van der Waals surface area (Å²) in [7, 11) is 1.84. The molecule has 2 heterocycles. The number of nitrogens with one attached hydrogen (secondary N) is 2. The van der Waals surface area contributed by atoms with E-state index in [0.717, 1.165) is 51.0 Å². The first-order valence-electron chi connectivity index (χ1n) is 11.0. The molecule has 2 saturated carbocycles. The van der Waals surface area contributed by atoms with E-state index in [0.29, 0.717) is 17.6 Å². The van der Waals surface area contributed by atoms with Crippen LogP contribution in [-0.2, 0) is 16.0 Å². The van der Waals surface area contributed by atoms with E-state index in [1.165, 1.54) is 24.8 Å². The topological polar surface area (TPSA) is 71.0 Å². The summed E-state index contributed by atoms with van der Waals surface area (Å²) in [6.07, 6.45) is 7.46. The van der Waals surface area contributed by atoms with E-state index in [4.69, 9.17) is 9.47 Å². The van der Waals surface area contributed by atoms with Crippen molar-refractivity contribution in [3.05, 3.63) is 23.9 Å². The van der Waals surface area contributed by atoms with Gasteiger partial charge in [0.25, 0.3) is 0 Å². The molecule has 0 radical (unpaired) electrons. The Morgan fingerprint density at radius 1 is 1.45 bits per heavy atom.